The molecular weight excluding hydrogens is 367 g/mol. The second-order valence-corrected chi connectivity index (χ2v) is 6.11. The predicted molar refractivity (Wildman–Crippen MR) is 96.7 cm³/mol. The number of guanidine groups is 1. The van der Waals surface area contributed by atoms with Crippen LogP contribution in [0.5, 0.6) is 0 Å². The van der Waals surface area contributed by atoms with E-state index in [2.05, 4.69) is 34.8 Å². The maximum absolute atomic E-state index is 11.6. The molecule has 0 saturated carbocycles. The summed E-state index contributed by atoms with van der Waals surface area (Å²) in [7, 11) is 1.75. The van der Waals surface area contributed by atoms with Gasteiger partial charge in [-0.3, -0.25) is 9.79 Å². The van der Waals surface area contributed by atoms with E-state index in [1.807, 2.05) is 20.8 Å². The molecule has 0 aromatic heterocycles. The molecule has 0 bridgehead atoms. The van der Waals surface area contributed by atoms with Crippen molar-refractivity contribution in [3.05, 3.63) is 0 Å². The third-order valence-electron chi connectivity index (χ3n) is 2.62. The smallest absolute Gasteiger partial charge is 0.225 e. The number of nitrogens with one attached hydrogen (secondary N) is 3. The summed E-state index contributed by atoms with van der Waals surface area (Å²) >= 11 is 0. The van der Waals surface area contributed by atoms with Crippen LogP contribution in [0.15, 0.2) is 4.99 Å². The van der Waals surface area contributed by atoms with Gasteiger partial charge in [0.1, 0.15) is 0 Å². The van der Waals surface area contributed by atoms with E-state index in [4.69, 9.17) is 0 Å². The minimum atomic E-state index is -0.336. The summed E-state index contributed by atoms with van der Waals surface area (Å²) < 4.78 is 0. The Morgan fingerprint density at radius 2 is 1.55 bits per heavy atom. The van der Waals surface area contributed by atoms with Crippen molar-refractivity contribution in [3.8, 4) is 0 Å². The van der Waals surface area contributed by atoms with Crippen LogP contribution in [0.4, 0.5) is 0 Å². The molecule has 0 aliphatic carbocycles. The molecule has 0 radical (unpaired) electrons. The molecule has 0 spiro atoms. The molecule has 0 unspecified atom stereocenters. The lowest BCUT2D eigenvalue weighted by Crippen LogP contribution is -2.43. The van der Waals surface area contributed by atoms with E-state index in [1.54, 1.807) is 7.05 Å². The molecule has 0 fully saturated rings. The van der Waals surface area contributed by atoms with Gasteiger partial charge in [-0.15, -0.1) is 24.0 Å². The van der Waals surface area contributed by atoms with E-state index in [0.29, 0.717) is 19.0 Å². The summed E-state index contributed by atoms with van der Waals surface area (Å²) in [6, 6.07) is 0. The number of carbonyl (C=O) groups excluding carboxylic acids is 1. The van der Waals surface area contributed by atoms with Crippen molar-refractivity contribution in [1.82, 2.24) is 16.0 Å². The summed E-state index contributed by atoms with van der Waals surface area (Å²) in [6.45, 7) is 12.3. The van der Waals surface area contributed by atoms with E-state index < -0.39 is 0 Å². The normalized spacial score (nSPS) is 11.8. The van der Waals surface area contributed by atoms with E-state index in [0.717, 1.165) is 18.9 Å². The Morgan fingerprint density at radius 1 is 1.05 bits per heavy atom. The maximum Gasteiger partial charge on any atom is 0.225 e. The van der Waals surface area contributed by atoms with Crippen LogP contribution in [0.1, 0.15) is 41.0 Å². The minimum absolute atomic E-state index is 0. The van der Waals surface area contributed by atoms with Gasteiger partial charge in [0, 0.05) is 32.1 Å². The number of amides is 1. The molecule has 0 aromatic carbocycles. The average molecular weight is 398 g/mol. The number of rotatable bonds is 6. The van der Waals surface area contributed by atoms with Gasteiger partial charge < -0.3 is 16.0 Å². The highest BCUT2D eigenvalue weighted by molar-refractivity contribution is 14.0. The van der Waals surface area contributed by atoms with Crippen LogP contribution in [0.25, 0.3) is 0 Å². The van der Waals surface area contributed by atoms with Crippen molar-refractivity contribution in [3.63, 3.8) is 0 Å². The van der Waals surface area contributed by atoms with Crippen molar-refractivity contribution in [2.45, 2.75) is 41.0 Å². The van der Waals surface area contributed by atoms with Crippen molar-refractivity contribution < 1.29 is 4.79 Å². The first-order valence-corrected chi connectivity index (χ1v) is 7.00. The summed E-state index contributed by atoms with van der Waals surface area (Å²) in [5.41, 5.74) is -0.336. The molecule has 3 N–H and O–H groups in total. The molecule has 0 rings (SSSR count). The highest BCUT2D eigenvalue weighted by atomic mass is 127. The van der Waals surface area contributed by atoms with Gasteiger partial charge in [0.25, 0.3) is 0 Å². The standard InChI is InChI=1S/C14H30N4O.HI/c1-11(2)7-8-17-13(15-6)18-10-9-16-12(19)14(3,4)5;/h11H,7-10H2,1-6H3,(H,16,19)(H2,15,17,18);1H. The van der Waals surface area contributed by atoms with E-state index >= 15 is 0 Å². The lowest BCUT2D eigenvalue weighted by molar-refractivity contribution is -0.128. The molecule has 0 aliphatic rings. The largest absolute Gasteiger partial charge is 0.356 e. The fourth-order valence-electron chi connectivity index (χ4n) is 1.32. The number of hydrogen-bond acceptors (Lipinski definition) is 2. The molecule has 0 aliphatic heterocycles. The predicted octanol–water partition coefficient (Wildman–Crippen LogP) is 1.98. The lowest BCUT2D eigenvalue weighted by Gasteiger charge is -2.18. The van der Waals surface area contributed by atoms with Crippen LogP contribution in [0, 0.1) is 11.3 Å². The molecule has 120 valence electrons. The summed E-state index contributed by atoms with van der Waals surface area (Å²) in [4.78, 5) is 15.8. The Morgan fingerprint density at radius 3 is 2.00 bits per heavy atom. The second-order valence-electron chi connectivity index (χ2n) is 6.11. The highest BCUT2D eigenvalue weighted by Gasteiger charge is 2.20. The molecule has 1 amide bonds. The highest BCUT2D eigenvalue weighted by Crippen LogP contribution is 2.11. The van der Waals surface area contributed by atoms with E-state index in [1.165, 1.54) is 0 Å². The zero-order chi connectivity index (χ0) is 14.9. The molecule has 20 heavy (non-hydrogen) atoms. The Kier molecular flexibility index (Phi) is 12.1. The first-order chi connectivity index (χ1) is 8.77. The first-order valence-electron chi connectivity index (χ1n) is 7.00. The fraction of sp³-hybridized carbons (Fsp3) is 0.857. The summed E-state index contributed by atoms with van der Waals surface area (Å²) in [5.74, 6) is 1.53. The zero-order valence-electron chi connectivity index (χ0n) is 13.7. The van der Waals surface area contributed by atoms with Crippen molar-refractivity contribution in [1.29, 1.82) is 0 Å². The van der Waals surface area contributed by atoms with Gasteiger partial charge in [-0.25, -0.2) is 0 Å². The quantitative estimate of drug-likeness (QED) is 0.278. The average Bonchev–Trinajstić information content (AvgIpc) is 2.30. The molecule has 0 atom stereocenters. The number of hydrogen-bond donors (Lipinski definition) is 3. The van der Waals surface area contributed by atoms with Gasteiger partial charge in [-0.05, 0) is 12.3 Å². The monoisotopic (exact) mass is 398 g/mol. The number of halogens is 1. The number of nitrogens with zero attached hydrogens (tertiary/aromatic N) is 1. The topological polar surface area (TPSA) is 65.5 Å². The van der Waals surface area contributed by atoms with Crippen LogP contribution in [-0.4, -0.2) is 38.5 Å². The van der Waals surface area contributed by atoms with E-state index in [9.17, 15) is 4.79 Å². The first kappa shape index (κ1) is 21.8. The van der Waals surface area contributed by atoms with Gasteiger partial charge >= 0.3 is 0 Å². The summed E-state index contributed by atoms with van der Waals surface area (Å²) in [6.07, 6.45) is 1.11. The Bertz CT molecular complexity index is 298. The van der Waals surface area contributed by atoms with Crippen LogP contribution < -0.4 is 16.0 Å². The second kappa shape index (κ2) is 11.2. The maximum atomic E-state index is 11.6. The van der Waals surface area contributed by atoms with Crippen LogP contribution in [-0.2, 0) is 4.79 Å². The number of aliphatic imine (C=N–C) groups is 1. The third kappa shape index (κ3) is 11.3. The van der Waals surface area contributed by atoms with Crippen LogP contribution >= 0.6 is 24.0 Å². The molecule has 0 aromatic rings. The van der Waals surface area contributed by atoms with Gasteiger partial charge in [-0.1, -0.05) is 34.6 Å². The Hall–Kier alpha value is -0.530. The molecule has 0 saturated heterocycles. The molecular formula is C14H31IN4O. The third-order valence-corrected chi connectivity index (χ3v) is 2.62. The van der Waals surface area contributed by atoms with Gasteiger partial charge in [0.05, 0.1) is 0 Å². The van der Waals surface area contributed by atoms with Crippen molar-refractivity contribution >= 4 is 35.8 Å². The molecule has 0 heterocycles. The molecule has 6 heteroatoms. The fourth-order valence-corrected chi connectivity index (χ4v) is 1.32. The van der Waals surface area contributed by atoms with Crippen LogP contribution in [0.2, 0.25) is 0 Å². The minimum Gasteiger partial charge on any atom is -0.356 e. The van der Waals surface area contributed by atoms with Gasteiger partial charge in [0.2, 0.25) is 5.91 Å². The zero-order valence-corrected chi connectivity index (χ0v) is 16.0. The lowest BCUT2D eigenvalue weighted by atomic mass is 9.96. The summed E-state index contributed by atoms with van der Waals surface area (Å²) in [5, 5.41) is 9.31. The van der Waals surface area contributed by atoms with Crippen LogP contribution in [0.3, 0.4) is 0 Å². The van der Waals surface area contributed by atoms with E-state index in [-0.39, 0.29) is 35.3 Å². The Balaban J connectivity index is 0. The van der Waals surface area contributed by atoms with Gasteiger partial charge in [0.15, 0.2) is 5.96 Å². The molecule has 5 nitrogen and oxygen atoms in total. The Labute approximate surface area is 140 Å². The van der Waals surface area contributed by atoms with Crippen molar-refractivity contribution in [2.75, 3.05) is 26.7 Å². The van der Waals surface area contributed by atoms with Crippen molar-refractivity contribution in [2.24, 2.45) is 16.3 Å². The SMILES string of the molecule is CN=C(NCCNC(=O)C(C)(C)C)NCCC(C)C.I. The number of carbonyl (C=O) groups is 1. The van der Waals surface area contributed by atoms with Gasteiger partial charge in [-0.2, -0.15) is 0 Å².